The lowest BCUT2D eigenvalue weighted by atomic mass is 10.0. The molecule has 1 aliphatic rings. The Hall–Kier alpha value is -1.53. The summed E-state index contributed by atoms with van der Waals surface area (Å²) in [6.45, 7) is 0.721. The number of rotatable bonds is 3. The minimum atomic E-state index is -3.83. The van der Waals surface area contributed by atoms with Crippen molar-refractivity contribution in [3.05, 3.63) is 35.9 Å². The fraction of sp³-hybridized carbons (Fsp3) is 0.462. The van der Waals surface area contributed by atoms with Crippen LogP contribution in [0.2, 0.25) is 0 Å². The van der Waals surface area contributed by atoms with Crippen molar-refractivity contribution in [2.75, 3.05) is 26.3 Å². The van der Waals surface area contributed by atoms with Crippen LogP contribution in [0.4, 0.5) is 8.78 Å². The van der Waals surface area contributed by atoms with Crippen molar-refractivity contribution in [3.63, 3.8) is 0 Å². The molecule has 1 aliphatic heterocycles. The predicted octanol–water partition coefficient (Wildman–Crippen LogP) is 1.21. The molecule has 2 rings (SSSR count). The maximum Gasteiger partial charge on any atom is 0.353 e. The fourth-order valence-corrected chi connectivity index (χ4v) is 1.94. The number of amides is 1. The molecular formula is C13H15F2NO3. The lowest BCUT2D eigenvalue weighted by Gasteiger charge is -2.31. The first-order valence-corrected chi connectivity index (χ1v) is 6.01. The molecule has 1 N–H and O–H groups in total. The van der Waals surface area contributed by atoms with Gasteiger partial charge in [0.2, 0.25) is 0 Å². The first-order valence-electron chi connectivity index (χ1n) is 6.01. The maximum absolute atomic E-state index is 14.0. The second kappa shape index (κ2) is 5.63. The Morgan fingerprint density at radius 1 is 1.26 bits per heavy atom. The molecule has 0 saturated carbocycles. The lowest BCUT2D eigenvalue weighted by molar-refractivity contribution is -0.179. The Balaban J connectivity index is 2.14. The molecule has 0 bridgehead atoms. The first-order chi connectivity index (χ1) is 9.03. The van der Waals surface area contributed by atoms with Gasteiger partial charge in [-0.05, 0) is 5.56 Å². The average molecular weight is 271 g/mol. The van der Waals surface area contributed by atoms with Gasteiger partial charge in [-0.3, -0.25) is 4.79 Å². The number of carbonyl (C=O) groups is 1. The molecule has 1 fully saturated rings. The normalized spacial score (nSPS) is 18.2. The van der Waals surface area contributed by atoms with E-state index in [2.05, 4.69) is 0 Å². The SMILES string of the molecule is O=C(N1CCOCC1)C(F)(F)C(O)c1ccccc1. The molecule has 104 valence electrons. The molecule has 0 radical (unpaired) electrons. The third-order valence-electron chi connectivity index (χ3n) is 3.04. The van der Waals surface area contributed by atoms with Gasteiger partial charge in [0.25, 0.3) is 5.91 Å². The summed E-state index contributed by atoms with van der Waals surface area (Å²) in [4.78, 5) is 12.8. The van der Waals surface area contributed by atoms with Gasteiger partial charge in [0, 0.05) is 13.1 Å². The molecule has 1 unspecified atom stereocenters. The number of benzene rings is 1. The van der Waals surface area contributed by atoms with Crippen molar-refractivity contribution in [2.45, 2.75) is 12.0 Å². The molecule has 6 heteroatoms. The molecule has 0 aromatic heterocycles. The van der Waals surface area contributed by atoms with Gasteiger partial charge in [-0.1, -0.05) is 30.3 Å². The number of morpholine rings is 1. The van der Waals surface area contributed by atoms with E-state index >= 15 is 0 Å². The van der Waals surface area contributed by atoms with E-state index in [0.717, 1.165) is 4.90 Å². The van der Waals surface area contributed by atoms with Crippen molar-refractivity contribution in [1.29, 1.82) is 0 Å². The molecule has 0 aliphatic carbocycles. The van der Waals surface area contributed by atoms with Gasteiger partial charge in [0.1, 0.15) is 0 Å². The monoisotopic (exact) mass is 271 g/mol. The minimum absolute atomic E-state index is 0.0223. The van der Waals surface area contributed by atoms with Gasteiger partial charge in [0.15, 0.2) is 6.10 Å². The molecule has 1 aromatic carbocycles. The molecule has 0 spiro atoms. The first kappa shape index (κ1) is 13.9. The number of carbonyl (C=O) groups excluding carboxylic acids is 1. The van der Waals surface area contributed by atoms with E-state index in [1.54, 1.807) is 6.07 Å². The Labute approximate surface area is 109 Å². The smallest absolute Gasteiger partial charge is 0.353 e. The number of hydrogen-bond donors (Lipinski definition) is 1. The zero-order chi connectivity index (χ0) is 13.9. The van der Waals surface area contributed by atoms with Crippen LogP contribution in [0, 0.1) is 0 Å². The number of nitrogens with zero attached hydrogens (tertiary/aromatic N) is 1. The van der Waals surface area contributed by atoms with E-state index in [9.17, 15) is 18.7 Å². The molecule has 1 aromatic rings. The van der Waals surface area contributed by atoms with Crippen LogP contribution in [0.25, 0.3) is 0 Å². The zero-order valence-electron chi connectivity index (χ0n) is 10.3. The highest BCUT2D eigenvalue weighted by molar-refractivity contribution is 5.84. The Morgan fingerprint density at radius 2 is 1.84 bits per heavy atom. The third kappa shape index (κ3) is 2.90. The summed E-state index contributed by atoms with van der Waals surface area (Å²) >= 11 is 0. The van der Waals surface area contributed by atoms with E-state index in [1.807, 2.05) is 0 Å². The summed E-state index contributed by atoms with van der Waals surface area (Å²) in [6, 6.07) is 7.45. The second-order valence-electron chi connectivity index (χ2n) is 4.34. The average Bonchev–Trinajstić information content (AvgIpc) is 2.47. The minimum Gasteiger partial charge on any atom is -0.381 e. The highest BCUT2D eigenvalue weighted by Gasteiger charge is 2.49. The van der Waals surface area contributed by atoms with Gasteiger partial charge < -0.3 is 14.7 Å². The van der Waals surface area contributed by atoms with Crippen LogP contribution in [0.1, 0.15) is 11.7 Å². The molecule has 4 nitrogen and oxygen atoms in total. The Kier molecular flexibility index (Phi) is 4.11. The van der Waals surface area contributed by atoms with E-state index in [1.165, 1.54) is 24.3 Å². The van der Waals surface area contributed by atoms with Gasteiger partial charge in [-0.15, -0.1) is 0 Å². The molecule has 19 heavy (non-hydrogen) atoms. The van der Waals surface area contributed by atoms with Gasteiger partial charge in [-0.2, -0.15) is 8.78 Å². The highest BCUT2D eigenvalue weighted by Crippen LogP contribution is 2.33. The number of aliphatic hydroxyl groups excluding tert-OH is 1. The molecule has 1 saturated heterocycles. The zero-order valence-corrected chi connectivity index (χ0v) is 10.3. The molecule has 1 atom stereocenters. The second-order valence-corrected chi connectivity index (χ2v) is 4.34. The number of alkyl halides is 2. The highest BCUT2D eigenvalue weighted by atomic mass is 19.3. The number of aliphatic hydroxyl groups is 1. The number of hydrogen-bond acceptors (Lipinski definition) is 3. The van der Waals surface area contributed by atoms with Gasteiger partial charge >= 0.3 is 5.92 Å². The largest absolute Gasteiger partial charge is 0.381 e. The summed E-state index contributed by atoms with van der Waals surface area (Å²) in [5, 5.41) is 9.72. The van der Waals surface area contributed by atoms with E-state index < -0.39 is 17.9 Å². The maximum atomic E-state index is 14.0. The van der Waals surface area contributed by atoms with Crippen LogP contribution in [0.15, 0.2) is 30.3 Å². The van der Waals surface area contributed by atoms with Crippen LogP contribution in [-0.2, 0) is 9.53 Å². The topological polar surface area (TPSA) is 49.8 Å². The molecule has 1 amide bonds. The van der Waals surface area contributed by atoms with Crippen LogP contribution in [0.5, 0.6) is 0 Å². The van der Waals surface area contributed by atoms with Crippen LogP contribution < -0.4 is 0 Å². The van der Waals surface area contributed by atoms with E-state index in [-0.39, 0.29) is 31.9 Å². The van der Waals surface area contributed by atoms with Crippen molar-refractivity contribution in [3.8, 4) is 0 Å². The van der Waals surface area contributed by atoms with Crippen molar-refractivity contribution < 1.29 is 23.4 Å². The fourth-order valence-electron chi connectivity index (χ4n) is 1.94. The summed E-state index contributed by atoms with van der Waals surface area (Å²) in [6.07, 6.45) is -2.14. The van der Waals surface area contributed by atoms with Crippen molar-refractivity contribution in [1.82, 2.24) is 4.90 Å². The Morgan fingerprint density at radius 3 is 2.42 bits per heavy atom. The standard InChI is InChI=1S/C13H15F2NO3/c14-13(15,11(17)10-4-2-1-3-5-10)12(18)16-6-8-19-9-7-16/h1-5,11,17H,6-9H2. The number of ether oxygens (including phenoxy) is 1. The third-order valence-corrected chi connectivity index (χ3v) is 3.04. The lowest BCUT2D eigenvalue weighted by Crippen LogP contribution is -2.51. The van der Waals surface area contributed by atoms with Crippen LogP contribution in [-0.4, -0.2) is 48.1 Å². The van der Waals surface area contributed by atoms with Crippen molar-refractivity contribution >= 4 is 5.91 Å². The number of halogens is 2. The Bertz CT molecular complexity index is 433. The van der Waals surface area contributed by atoms with Crippen LogP contribution >= 0.6 is 0 Å². The summed E-state index contributed by atoms with van der Waals surface area (Å²) in [7, 11) is 0. The van der Waals surface area contributed by atoms with E-state index in [0.29, 0.717) is 0 Å². The predicted molar refractivity (Wildman–Crippen MR) is 63.7 cm³/mol. The molecule has 1 heterocycles. The van der Waals surface area contributed by atoms with E-state index in [4.69, 9.17) is 4.74 Å². The van der Waals surface area contributed by atoms with Gasteiger partial charge in [-0.25, -0.2) is 0 Å². The summed E-state index contributed by atoms with van der Waals surface area (Å²) in [5.41, 5.74) is 0.0223. The summed E-state index contributed by atoms with van der Waals surface area (Å²) in [5.74, 6) is -5.19. The van der Waals surface area contributed by atoms with Gasteiger partial charge in [0.05, 0.1) is 13.2 Å². The quantitative estimate of drug-likeness (QED) is 0.899. The molecular weight excluding hydrogens is 256 g/mol. The van der Waals surface area contributed by atoms with Crippen LogP contribution in [0.3, 0.4) is 0 Å². The van der Waals surface area contributed by atoms with Crippen molar-refractivity contribution in [2.24, 2.45) is 0 Å². The summed E-state index contributed by atoms with van der Waals surface area (Å²) < 4.78 is 33.0.